The van der Waals surface area contributed by atoms with Crippen LogP contribution in [0.4, 0.5) is 0 Å². The molecule has 0 atom stereocenters. The lowest BCUT2D eigenvalue weighted by Gasteiger charge is -2.10. The van der Waals surface area contributed by atoms with Gasteiger partial charge in [-0.25, -0.2) is 0 Å². The molecule has 0 radical (unpaired) electrons. The van der Waals surface area contributed by atoms with Crippen LogP contribution in [0.5, 0.6) is 11.5 Å². The molecule has 1 N–H and O–H groups in total. The van der Waals surface area contributed by atoms with E-state index < -0.39 is 0 Å². The molecular weight excluding hydrogens is 322 g/mol. The summed E-state index contributed by atoms with van der Waals surface area (Å²) in [6, 6.07) is 12.6. The van der Waals surface area contributed by atoms with Crippen LogP contribution in [0.25, 0.3) is 0 Å². The quantitative estimate of drug-likeness (QED) is 0.642. The Bertz CT molecular complexity index is 664. The fourth-order valence-electron chi connectivity index (χ4n) is 1.83. The molecule has 0 saturated heterocycles. The maximum Gasteiger partial charge on any atom is 0.253 e. The molecule has 22 heavy (non-hydrogen) atoms. The average Bonchev–Trinajstić information content (AvgIpc) is 2.55. The lowest BCUT2D eigenvalue weighted by Crippen LogP contribution is -2.22. The predicted octanol–water partition coefficient (Wildman–Crippen LogP) is 3.84. The Morgan fingerprint density at radius 1 is 1.14 bits per heavy atom. The van der Waals surface area contributed by atoms with E-state index in [9.17, 15) is 4.79 Å². The minimum Gasteiger partial charge on any atom is -0.493 e. The smallest absolute Gasteiger partial charge is 0.253 e. The summed E-state index contributed by atoms with van der Waals surface area (Å²) in [6.45, 7) is 0. The van der Waals surface area contributed by atoms with E-state index in [1.54, 1.807) is 38.5 Å². The van der Waals surface area contributed by atoms with Crippen LogP contribution < -0.4 is 14.8 Å². The van der Waals surface area contributed by atoms with E-state index in [0.29, 0.717) is 28.0 Å². The first-order chi connectivity index (χ1) is 10.7. The van der Waals surface area contributed by atoms with Crippen LogP contribution in [0, 0.1) is 0 Å². The number of ether oxygens (including phenoxy) is 2. The molecule has 1 amide bonds. The zero-order valence-corrected chi connectivity index (χ0v) is 13.8. The third-order valence-corrected chi connectivity index (χ3v) is 4.15. The zero-order chi connectivity index (χ0) is 15.9. The molecule has 0 fully saturated rings. The SMILES string of the molecule is COc1ccc(SCNC(=O)c2ccccc2Cl)cc1OC. The van der Waals surface area contributed by atoms with E-state index in [1.807, 2.05) is 18.2 Å². The number of hydrogen-bond acceptors (Lipinski definition) is 4. The van der Waals surface area contributed by atoms with Crippen molar-refractivity contribution in [2.24, 2.45) is 0 Å². The van der Waals surface area contributed by atoms with Gasteiger partial charge in [-0.1, -0.05) is 23.7 Å². The number of halogens is 1. The first kappa shape index (κ1) is 16.5. The third-order valence-electron chi connectivity index (χ3n) is 2.95. The van der Waals surface area contributed by atoms with Gasteiger partial charge in [0.2, 0.25) is 0 Å². The Hall–Kier alpha value is -1.85. The number of carbonyl (C=O) groups excluding carboxylic acids is 1. The highest BCUT2D eigenvalue weighted by Gasteiger charge is 2.09. The summed E-state index contributed by atoms with van der Waals surface area (Å²) < 4.78 is 10.4. The molecule has 2 rings (SSSR count). The van der Waals surface area contributed by atoms with Crippen molar-refractivity contribution >= 4 is 29.3 Å². The molecule has 0 unspecified atom stereocenters. The van der Waals surface area contributed by atoms with Gasteiger partial charge in [-0.3, -0.25) is 4.79 Å². The van der Waals surface area contributed by atoms with Crippen LogP contribution in [0.15, 0.2) is 47.4 Å². The number of methoxy groups -OCH3 is 2. The number of rotatable bonds is 6. The molecule has 0 bridgehead atoms. The maximum atomic E-state index is 12.0. The van der Waals surface area contributed by atoms with E-state index in [1.165, 1.54) is 11.8 Å². The lowest BCUT2D eigenvalue weighted by molar-refractivity contribution is 0.0961. The number of carbonyl (C=O) groups is 1. The van der Waals surface area contributed by atoms with E-state index in [2.05, 4.69) is 5.32 Å². The minimum absolute atomic E-state index is 0.196. The summed E-state index contributed by atoms with van der Waals surface area (Å²) in [5.41, 5.74) is 0.470. The van der Waals surface area contributed by atoms with Crippen molar-refractivity contribution in [3.8, 4) is 11.5 Å². The Morgan fingerprint density at radius 2 is 1.86 bits per heavy atom. The van der Waals surface area contributed by atoms with Gasteiger partial charge in [-0.15, -0.1) is 11.8 Å². The van der Waals surface area contributed by atoms with Crippen molar-refractivity contribution in [1.29, 1.82) is 0 Å². The summed E-state index contributed by atoms with van der Waals surface area (Å²) >= 11 is 7.48. The van der Waals surface area contributed by atoms with Gasteiger partial charge in [0.15, 0.2) is 11.5 Å². The van der Waals surface area contributed by atoms with Crippen molar-refractivity contribution in [1.82, 2.24) is 5.32 Å². The maximum absolute atomic E-state index is 12.0. The third kappa shape index (κ3) is 4.08. The summed E-state index contributed by atoms with van der Waals surface area (Å²) in [5, 5.41) is 3.26. The van der Waals surface area contributed by atoms with Crippen molar-refractivity contribution in [3.05, 3.63) is 53.1 Å². The number of hydrogen-bond donors (Lipinski definition) is 1. The molecule has 0 saturated carbocycles. The van der Waals surface area contributed by atoms with Crippen molar-refractivity contribution < 1.29 is 14.3 Å². The molecule has 0 spiro atoms. The van der Waals surface area contributed by atoms with Gasteiger partial charge in [0.05, 0.1) is 30.7 Å². The Balaban J connectivity index is 1.94. The first-order valence-corrected chi connectivity index (χ1v) is 7.89. The van der Waals surface area contributed by atoms with Gasteiger partial charge in [0, 0.05) is 4.90 Å². The fourth-order valence-corrected chi connectivity index (χ4v) is 2.78. The van der Waals surface area contributed by atoms with Crippen LogP contribution in [0.2, 0.25) is 5.02 Å². The average molecular weight is 338 g/mol. The Kier molecular flexibility index (Phi) is 5.98. The molecular formula is C16H16ClNO3S. The molecule has 6 heteroatoms. The van der Waals surface area contributed by atoms with Gasteiger partial charge < -0.3 is 14.8 Å². The van der Waals surface area contributed by atoms with E-state index in [-0.39, 0.29) is 5.91 Å². The van der Waals surface area contributed by atoms with E-state index in [0.717, 1.165) is 4.90 Å². The van der Waals surface area contributed by atoms with Crippen LogP contribution in [-0.2, 0) is 0 Å². The summed E-state index contributed by atoms with van der Waals surface area (Å²) in [5.74, 6) is 1.56. The van der Waals surface area contributed by atoms with E-state index in [4.69, 9.17) is 21.1 Å². The Labute approximate surface area is 138 Å². The summed E-state index contributed by atoms with van der Waals surface area (Å²) in [7, 11) is 3.18. The molecule has 116 valence electrons. The second-order valence-electron chi connectivity index (χ2n) is 4.29. The van der Waals surface area contributed by atoms with Gasteiger partial charge in [0.1, 0.15) is 0 Å². The number of amides is 1. The molecule has 4 nitrogen and oxygen atoms in total. The topological polar surface area (TPSA) is 47.6 Å². The molecule has 0 aliphatic carbocycles. The van der Waals surface area contributed by atoms with Crippen LogP contribution in [0.1, 0.15) is 10.4 Å². The van der Waals surface area contributed by atoms with Crippen molar-refractivity contribution in [3.63, 3.8) is 0 Å². The fraction of sp³-hybridized carbons (Fsp3) is 0.188. The van der Waals surface area contributed by atoms with E-state index >= 15 is 0 Å². The monoisotopic (exact) mass is 337 g/mol. The normalized spacial score (nSPS) is 10.1. The molecule has 2 aromatic carbocycles. The zero-order valence-electron chi connectivity index (χ0n) is 12.3. The van der Waals surface area contributed by atoms with Gasteiger partial charge in [0.25, 0.3) is 5.91 Å². The second kappa shape index (κ2) is 7.96. The number of thioether (sulfide) groups is 1. The molecule has 0 aliphatic heterocycles. The standard InChI is InChI=1S/C16H16ClNO3S/c1-20-14-8-7-11(9-15(14)21-2)22-10-18-16(19)12-5-3-4-6-13(12)17/h3-9H,10H2,1-2H3,(H,18,19). The highest BCUT2D eigenvalue weighted by Crippen LogP contribution is 2.31. The van der Waals surface area contributed by atoms with Crippen LogP contribution >= 0.6 is 23.4 Å². The second-order valence-corrected chi connectivity index (χ2v) is 5.75. The van der Waals surface area contributed by atoms with Gasteiger partial charge in [-0.2, -0.15) is 0 Å². The number of nitrogens with one attached hydrogen (secondary N) is 1. The highest BCUT2D eigenvalue weighted by molar-refractivity contribution is 7.99. The Morgan fingerprint density at radius 3 is 2.55 bits per heavy atom. The molecule has 0 aliphatic rings. The minimum atomic E-state index is -0.196. The lowest BCUT2D eigenvalue weighted by atomic mass is 10.2. The summed E-state index contributed by atoms with van der Waals surface area (Å²) in [6.07, 6.45) is 0. The molecule has 0 heterocycles. The largest absolute Gasteiger partial charge is 0.493 e. The van der Waals surface area contributed by atoms with Gasteiger partial charge in [-0.05, 0) is 30.3 Å². The van der Waals surface area contributed by atoms with Gasteiger partial charge >= 0.3 is 0 Å². The van der Waals surface area contributed by atoms with Crippen molar-refractivity contribution in [2.75, 3.05) is 20.1 Å². The van der Waals surface area contributed by atoms with Crippen molar-refractivity contribution in [2.45, 2.75) is 4.90 Å². The first-order valence-electron chi connectivity index (χ1n) is 6.53. The molecule has 0 aromatic heterocycles. The molecule has 2 aromatic rings. The van der Waals surface area contributed by atoms with Crippen LogP contribution in [-0.4, -0.2) is 26.0 Å². The predicted molar refractivity (Wildman–Crippen MR) is 89.2 cm³/mol. The van der Waals surface area contributed by atoms with Crippen LogP contribution in [0.3, 0.4) is 0 Å². The number of benzene rings is 2. The summed E-state index contributed by atoms with van der Waals surface area (Å²) in [4.78, 5) is 13.0. The highest BCUT2D eigenvalue weighted by atomic mass is 35.5.